The van der Waals surface area contributed by atoms with E-state index in [0.29, 0.717) is 51.8 Å². The first-order chi connectivity index (χ1) is 14.4. The molecule has 0 radical (unpaired) electrons. The fraction of sp³-hybridized carbons (Fsp3) is 0.174. The van der Waals surface area contributed by atoms with Crippen LogP contribution in [-0.4, -0.2) is 21.0 Å². The zero-order chi connectivity index (χ0) is 21.3. The lowest BCUT2D eigenvalue weighted by Crippen LogP contribution is -2.13. The van der Waals surface area contributed by atoms with E-state index in [1.807, 2.05) is 31.2 Å². The van der Waals surface area contributed by atoms with Gasteiger partial charge in [0.05, 0.1) is 17.2 Å². The lowest BCUT2D eigenvalue weighted by Gasteiger charge is -2.12. The molecule has 0 fully saturated rings. The van der Waals surface area contributed by atoms with Crippen molar-refractivity contribution in [3.05, 3.63) is 72.0 Å². The minimum Gasteiger partial charge on any atom is -0.462 e. The Morgan fingerprint density at radius 3 is 2.37 bits per heavy atom. The molecule has 7 heteroatoms. The van der Waals surface area contributed by atoms with E-state index in [1.54, 1.807) is 31.2 Å². The first-order valence-corrected chi connectivity index (χ1v) is 11.1. The highest BCUT2D eigenvalue weighted by Crippen LogP contribution is 2.37. The smallest absolute Gasteiger partial charge is 0.342 e. The quantitative estimate of drug-likeness (QED) is 0.428. The van der Waals surface area contributed by atoms with Gasteiger partial charge < -0.3 is 9.15 Å². The van der Waals surface area contributed by atoms with Crippen molar-refractivity contribution in [1.29, 1.82) is 0 Å². The van der Waals surface area contributed by atoms with Gasteiger partial charge in [-0.1, -0.05) is 49.4 Å². The van der Waals surface area contributed by atoms with Gasteiger partial charge in [0.25, 0.3) is 10.0 Å². The highest BCUT2D eigenvalue weighted by Gasteiger charge is 2.24. The van der Waals surface area contributed by atoms with Gasteiger partial charge in [-0.3, -0.25) is 4.72 Å². The standard InChI is InChI=1S/C23H21NO5S/c1-3-13-28-23(25)21-15(2)29-22-18-12-8-7-11-17(18)20(14-19(21)22)24-30(26,27)16-9-5-4-6-10-16/h4-12,14,24H,3,13H2,1-2H3. The highest BCUT2D eigenvalue weighted by atomic mass is 32.2. The van der Waals surface area contributed by atoms with Crippen molar-refractivity contribution >= 4 is 43.4 Å². The van der Waals surface area contributed by atoms with Crippen molar-refractivity contribution in [2.45, 2.75) is 25.2 Å². The van der Waals surface area contributed by atoms with Crippen LogP contribution in [0.2, 0.25) is 0 Å². The Kier molecular flexibility index (Phi) is 5.22. The number of fused-ring (bicyclic) bond motifs is 3. The number of esters is 1. The van der Waals surface area contributed by atoms with Crippen molar-refractivity contribution < 1.29 is 22.4 Å². The van der Waals surface area contributed by atoms with Gasteiger partial charge in [-0.2, -0.15) is 0 Å². The zero-order valence-electron chi connectivity index (χ0n) is 16.6. The Morgan fingerprint density at radius 2 is 1.67 bits per heavy atom. The molecule has 0 bridgehead atoms. The van der Waals surface area contributed by atoms with E-state index in [1.165, 1.54) is 12.1 Å². The molecule has 0 atom stereocenters. The van der Waals surface area contributed by atoms with Crippen molar-refractivity contribution in [2.75, 3.05) is 11.3 Å². The second-order valence-electron chi connectivity index (χ2n) is 6.93. The molecule has 1 N–H and O–H groups in total. The van der Waals surface area contributed by atoms with Crippen LogP contribution in [0.15, 0.2) is 70.0 Å². The van der Waals surface area contributed by atoms with Gasteiger partial charge in [-0.25, -0.2) is 13.2 Å². The third-order valence-corrected chi connectivity index (χ3v) is 6.19. The molecule has 1 aromatic heterocycles. The minimum absolute atomic E-state index is 0.153. The first-order valence-electron chi connectivity index (χ1n) is 9.62. The van der Waals surface area contributed by atoms with E-state index in [2.05, 4.69) is 4.72 Å². The van der Waals surface area contributed by atoms with Gasteiger partial charge in [-0.05, 0) is 31.5 Å². The summed E-state index contributed by atoms with van der Waals surface area (Å²) < 4.78 is 39.7. The van der Waals surface area contributed by atoms with E-state index in [4.69, 9.17) is 9.15 Å². The summed E-state index contributed by atoms with van der Waals surface area (Å²) in [5, 5.41) is 1.89. The summed E-state index contributed by atoms with van der Waals surface area (Å²) >= 11 is 0. The van der Waals surface area contributed by atoms with Gasteiger partial charge in [0.1, 0.15) is 16.9 Å². The molecule has 0 saturated heterocycles. The lowest BCUT2D eigenvalue weighted by atomic mass is 10.0. The molecule has 4 aromatic rings. The van der Waals surface area contributed by atoms with Gasteiger partial charge >= 0.3 is 5.97 Å². The van der Waals surface area contributed by atoms with Crippen LogP contribution >= 0.6 is 0 Å². The average Bonchev–Trinajstić information content (AvgIpc) is 3.08. The van der Waals surface area contributed by atoms with Crippen LogP contribution in [0.5, 0.6) is 0 Å². The molecule has 3 aromatic carbocycles. The first kappa shape index (κ1) is 20.0. The third kappa shape index (κ3) is 3.52. The SMILES string of the molecule is CCCOC(=O)c1c(C)oc2c1cc(NS(=O)(=O)c1ccccc1)c1ccccc12. The maximum absolute atomic E-state index is 12.9. The summed E-state index contributed by atoms with van der Waals surface area (Å²) in [6.45, 7) is 3.91. The molecule has 6 nitrogen and oxygen atoms in total. The normalized spacial score (nSPS) is 11.7. The monoisotopic (exact) mass is 423 g/mol. The predicted octanol–water partition coefficient (Wildman–Crippen LogP) is 5.26. The Balaban J connectivity index is 1.92. The van der Waals surface area contributed by atoms with E-state index in [-0.39, 0.29) is 4.90 Å². The van der Waals surface area contributed by atoms with Gasteiger partial charge in [0.2, 0.25) is 0 Å². The molecule has 30 heavy (non-hydrogen) atoms. The van der Waals surface area contributed by atoms with E-state index in [9.17, 15) is 13.2 Å². The Labute approximate surface area is 174 Å². The number of carbonyl (C=O) groups is 1. The molecule has 4 rings (SSSR count). The molecular formula is C23H21NO5S. The molecule has 154 valence electrons. The number of furan rings is 1. The number of hydrogen-bond acceptors (Lipinski definition) is 5. The summed E-state index contributed by atoms with van der Waals surface area (Å²) in [5.41, 5.74) is 1.20. The van der Waals surface area contributed by atoms with Crippen LogP contribution in [0.3, 0.4) is 0 Å². The van der Waals surface area contributed by atoms with Crippen LogP contribution in [0.1, 0.15) is 29.5 Å². The van der Waals surface area contributed by atoms with Gasteiger partial charge in [-0.15, -0.1) is 0 Å². The van der Waals surface area contributed by atoms with E-state index in [0.717, 1.165) is 0 Å². The Morgan fingerprint density at radius 1 is 1.00 bits per heavy atom. The largest absolute Gasteiger partial charge is 0.462 e. The second kappa shape index (κ2) is 7.84. The minimum atomic E-state index is -3.81. The van der Waals surface area contributed by atoms with Crippen LogP contribution in [0, 0.1) is 6.92 Å². The summed E-state index contributed by atoms with van der Waals surface area (Å²) in [4.78, 5) is 12.8. The number of aryl methyl sites for hydroxylation is 1. The molecular weight excluding hydrogens is 402 g/mol. The van der Waals surface area contributed by atoms with Gasteiger partial charge in [0.15, 0.2) is 0 Å². The third-order valence-electron chi connectivity index (χ3n) is 4.81. The van der Waals surface area contributed by atoms with Crippen molar-refractivity contribution in [1.82, 2.24) is 0 Å². The predicted molar refractivity (Wildman–Crippen MR) is 116 cm³/mol. The molecule has 0 aliphatic heterocycles. The second-order valence-corrected chi connectivity index (χ2v) is 8.62. The van der Waals surface area contributed by atoms with Crippen LogP contribution in [0.25, 0.3) is 21.7 Å². The number of anilines is 1. The molecule has 0 spiro atoms. The number of nitrogens with one attached hydrogen (secondary N) is 1. The number of benzene rings is 3. The topological polar surface area (TPSA) is 85.6 Å². The molecule has 0 aliphatic rings. The highest BCUT2D eigenvalue weighted by molar-refractivity contribution is 7.92. The van der Waals surface area contributed by atoms with Crippen molar-refractivity contribution in [2.24, 2.45) is 0 Å². The Bertz CT molecular complexity index is 1340. The van der Waals surface area contributed by atoms with Crippen LogP contribution < -0.4 is 4.72 Å². The van der Waals surface area contributed by atoms with E-state index < -0.39 is 16.0 Å². The van der Waals surface area contributed by atoms with Crippen molar-refractivity contribution in [3.63, 3.8) is 0 Å². The number of rotatable bonds is 6. The maximum atomic E-state index is 12.9. The molecule has 1 heterocycles. The zero-order valence-corrected chi connectivity index (χ0v) is 17.5. The number of sulfonamides is 1. The maximum Gasteiger partial charge on any atom is 0.342 e. The van der Waals surface area contributed by atoms with Crippen LogP contribution in [-0.2, 0) is 14.8 Å². The lowest BCUT2D eigenvalue weighted by molar-refractivity contribution is 0.0505. The van der Waals surface area contributed by atoms with Crippen LogP contribution in [0.4, 0.5) is 5.69 Å². The fourth-order valence-electron chi connectivity index (χ4n) is 3.45. The molecule has 0 amide bonds. The number of ether oxygens (including phenoxy) is 1. The van der Waals surface area contributed by atoms with E-state index >= 15 is 0 Å². The number of carbonyl (C=O) groups excluding carboxylic acids is 1. The summed E-state index contributed by atoms with van der Waals surface area (Å²) in [7, 11) is -3.81. The number of hydrogen-bond donors (Lipinski definition) is 1. The summed E-state index contributed by atoms with van der Waals surface area (Å²) in [5.74, 6) is -0.0560. The Hall–Kier alpha value is -3.32. The fourth-order valence-corrected chi connectivity index (χ4v) is 4.54. The summed E-state index contributed by atoms with van der Waals surface area (Å²) in [6.07, 6.45) is 0.700. The van der Waals surface area contributed by atoms with Crippen molar-refractivity contribution in [3.8, 4) is 0 Å². The van der Waals surface area contributed by atoms with Gasteiger partial charge in [0, 0.05) is 16.2 Å². The average molecular weight is 423 g/mol. The molecule has 0 aliphatic carbocycles. The molecule has 0 unspecified atom stereocenters. The summed E-state index contributed by atoms with van der Waals surface area (Å²) in [6, 6.07) is 17.1. The molecule has 0 saturated carbocycles.